The van der Waals surface area contributed by atoms with Gasteiger partial charge in [-0.05, 0) is 25.8 Å². The van der Waals surface area contributed by atoms with E-state index in [2.05, 4.69) is 27.0 Å². The number of hydrogen-bond acceptors (Lipinski definition) is 4. The lowest BCUT2D eigenvalue weighted by atomic mass is 10.1. The maximum absolute atomic E-state index is 6.22. The number of thiazole rings is 1. The van der Waals surface area contributed by atoms with Crippen molar-refractivity contribution >= 4 is 11.3 Å². The Kier molecular flexibility index (Phi) is 3.66. The molecule has 1 fully saturated rings. The fourth-order valence-electron chi connectivity index (χ4n) is 2.73. The average Bonchev–Trinajstić information content (AvgIpc) is 3.07. The first-order valence-corrected chi connectivity index (χ1v) is 7.76. The summed E-state index contributed by atoms with van der Waals surface area (Å²) in [6, 6.07) is 2.72. The first-order valence-electron chi connectivity index (χ1n) is 6.94. The van der Waals surface area contributed by atoms with Gasteiger partial charge in [-0.15, -0.1) is 11.3 Å². The molecule has 2 aromatic rings. The van der Waals surface area contributed by atoms with Crippen molar-refractivity contribution in [3.05, 3.63) is 34.0 Å². The Labute approximate surface area is 117 Å². The van der Waals surface area contributed by atoms with Crippen LogP contribution in [-0.2, 0) is 6.42 Å². The number of nitrogens with two attached hydrogens (primary N) is 1. The quantitative estimate of drug-likeness (QED) is 0.934. The van der Waals surface area contributed by atoms with Crippen LogP contribution in [-0.4, -0.2) is 14.8 Å². The van der Waals surface area contributed by atoms with Gasteiger partial charge in [0.25, 0.3) is 0 Å². The van der Waals surface area contributed by atoms with Gasteiger partial charge < -0.3 is 5.73 Å². The molecule has 2 aromatic heterocycles. The topological polar surface area (TPSA) is 56.7 Å². The van der Waals surface area contributed by atoms with Gasteiger partial charge in [-0.2, -0.15) is 5.10 Å². The Balaban J connectivity index is 1.66. The van der Waals surface area contributed by atoms with E-state index in [0.717, 1.165) is 22.0 Å². The van der Waals surface area contributed by atoms with Crippen LogP contribution in [0.15, 0.2) is 18.5 Å². The first-order chi connectivity index (χ1) is 9.22. The molecule has 0 saturated heterocycles. The number of nitrogens with zero attached hydrogens (tertiary/aromatic N) is 3. The zero-order valence-electron chi connectivity index (χ0n) is 11.2. The summed E-state index contributed by atoms with van der Waals surface area (Å²) in [5.41, 5.74) is 7.31. The van der Waals surface area contributed by atoms with Crippen molar-refractivity contribution in [1.29, 1.82) is 0 Å². The predicted molar refractivity (Wildman–Crippen MR) is 77.2 cm³/mol. The molecule has 1 aliphatic carbocycles. The van der Waals surface area contributed by atoms with Crippen LogP contribution >= 0.6 is 11.3 Å². The van der Waals surface area contributed by atoms with E-state index >= 15 is 0 Å². The van der Waals surface area contributed by atoms with Crippen molar-refractivity contribution < 1.29 is 0 Å². The molecule has 0 radical (unpaired) electrons. The predicted octanol–water partition coefficient (Wildman–Crippen LogP) is 3.01. The van der Waals surface area contributed by atoms with Crippen LogP contribution in [0, 0.1) is 6.92 Å². The molecule has 19 heavy (non-hydrogen) atoms. The minimum absolute atomic E-state index is 0.0122. The van der Waals surface area contributed by atoms with Crippen LogP contribution in [0.25, 0.3) is 0 Å². The lowest BCUT2D eigenvalue weighted by Crippen LogP contribution is -2.13. The van der Waals surface area contributed by atoms with Crippen molar-refractivity contribution in [2.75, 3.05) is 0 Å². The van der Waals surface area contributed by atoms with Gasteiger partial charge in [-0.1, -0.05) is 12.8 Å². The van der Waals surface area contributed by atoms with E-state index in [9.17, 15) is 0 Å². The van der Waals surface area contributed by atoms with Gasteiger partial charge >= 0.3 is 0 Å². The highest BCUT2D eigenvalue weighted by Crippen LogP contribution is 2.29. The molecule has 1 saturated carbocycles. The summed E-state index contributed by atoms with van der Waals surface area (Å²) in [6.45, 7) is 2.01. The van der Waals surface area contributed by atoms with Crippen LogP contribution in [0.3, 0.4) is 0 Å². The summed E-state index contributed by atoms with van der Waals surface area (Å²) >= 11 is 1.68. The monoisotopic (exact) mass is 276 g/mol. The van der Waals surface area contributed by atoms with Gasteiger partial charge in [0.15, 0.2) is 0 Å². The van der Waals surface area contributed by atoms with Crippen molar-refractivity contribution in [3.8, 4) is 0 Å². The lowest BCUT2D eigenvalue weighted by molar-refractivity contribution is 0.461. The average molecular weight is 276 g/mol. The van der Waals surface area contributed by atoms with Crippen molar-refractivity contribution in [1.82, 2.24) is 14.8 Å². The Morgan fingerprint density at radius 2 is 2.26 bits per heavy atom. The molecular formula is C14H20N4S. The summed E-state index contributed by atoms with van der Waals surface area (Å²) in [5, 5.41) is 5.76. The molecule has 0 spiro atoms. The molecule has 2 heterocycles. The molecule has 0 amide bonds. The zero-order valence-corrected chi connectivity index (χ0v) is 12.1. The Morgan fingerprint density at radius 3 is 2.95 bits per heavy atom. The summed E-state index contributed by atoms with van der Waals surface area (Å²) in [5.74, 6) is 0. The number of aryl methyl sites for hydroxylation is 1. The summed E-state index contributed by atoms with van der Waals surface area (Å²) in [6.07, 6.45) is 9.98. The molecule has 5 heteroatoms. The first kappa shape index (κ1) is 12.8. The van der Waals surface area contributed by atoms with Crippen LogP contribution in [0.2, 0.25) is 0 Å². The molecule has 0 aromatic carbocycles. The molecule has 0 bridgehead atoms. The highest BCUT2D eigenvalue weighted by Gasteiger charge is 2.18. The highest BCUT2D eigenvalue weighted by molar-refractivity contribution is 7.11. The molecule has 102 valence electrons. The SMILES string of the molecule is Cc1ncc(C(N)Cc2ccn(C3CCCC3)n2)s1. The van der Waals surface area contributed by atoms with E-state index in [1.165, 1.54) is 25.7 Å². The summed E-state index contributed by atoms with van der Waals surface area (Å²) in [7, 11) is 0. The molecule has 3 rings (SSSR count). The van der Waals surface area contributed by atoms with E-state index in [0.29, 0.717) is 6.04 Å². The number of aromatic nitrogens is 3. The van der Waals surface area contributed by atoms with Crippen LogP contribution in [0.4, 0.5) is 0 Å². The Bertz CT molecular complexity index is 539. The normalized spacial score (nSPS) is 18.0. The third-order valence-electron chi connectivity index (χ3n) is 3.80. The number of hydrogen-bond donors (Lipinski definition) is 1. The van der Waals surface area contributed by atoms with Gasteiger partial charge in [0.2, 0.25) is 0 Å². The van der Waals surface area contributed by atoms with Crippen molar-refractivity contribution in [2.24, 2.45) is 5.73 Å². The molecule has 1 unspecified atom stereocenters. The third kappa shape index (κ3) is 2.87. The molecule has 1 atom stereocenters. The van der Waals surface area contributed by atoms with Gasteiger partial charge in [0.1, 0.15) is 0 Å². The fourth-order valence-corrected chi connectivity index (χ4v) is 3.52. The molecule has 2 N–H and O–H groups in total. The van der Waals surface area contributed by atoms with E-state index in [1.807, 2.05) is 13.1 Å². The maximum atomic E-state index is 6.22. The molecule has 1 aliphatic rings. The van der Waals surface area contributed by atoms with E-state index in [-0.39, 0.29) is 6.04 Å². The largest absolute Gasteiger partial charge is 0.323 e. The molecular weight excluding hydrogens is 256 g/mol. The van der Waals surface area contributed by atoms with Crippen molar-refractivity contribution in [2.45, 2.75) is 51.1 Å². The van der Waals surface area contributed by atoms with Gasteiger partial charge in [-0.3, -0.25) is 4.68 Å². The van der Waals surface area contributed by atoms with E-state index in [1.54, 1.807) is 11.3 Å². The van der Waals surface area contributed by atoms with E-state index < -0.39 is 0 Å². The smallest absolute Gasteiger partial charge is 0.0897 e. The minimum atomic E-state index is 0.0122. The second kappa shape index (κ2) is 5.43. The minimum Gasteiger partial charge on any atom is -0.323 e. The van der Waals surface area contributed by atoms with E-state index in [4.69, 9.17) is 5.73 Å². The van der Waals surface area contributed by atoms with Crippen LogP contribution in [0.1, 0.15) is 53.3 Å². The maximum Gasteiger partial charge on any atom is 0.0897 e. The van der Waals surface area contributed by atoms with Crippen molar-refractivity contribution in [3.63, 3.8) is 0 Å². The van der Waals surface area contributed by atoms with Gasteiger partial charge in [0, 0.05) is 29.7 Å². The van der Waals surface area contributed by atoms with Gasteiger partial charge in [-0.25, -0.2) is 4.98 Å². The van der Waals surface area contributed by atoms with Crippen LogP contribution in [0.5, 0.6) is 0 Å². The lowest BCUT2D eigenvalue weighted by Gasteiger charge is -2.10. The zero-order chi connectivity index (χ0) is 13.2. The van der Waals surface area contributed by atoms with Crippen LogP contribution < -0.4 is 5.73 Å². The third-order valence-corrected chi connectivity index (χ3v) is 4.84. The standard InChI is InChI=1S/C14H20N4S/c1-10-16-9-14(19-10)13(15)8-11-6-7-18(17-11)12-4-2-3-5-12/h6-7,9,12-13H,2-5,8,15H2,1H3. The molecule has 0 aliphatic heterocycles. The second-order valence-electron chi connectivity index (χ2n) is 5.32. The summed E-state index contributed by atoms with van der Waals surface area (Å²) < 4.78 is 2.13. The number of rotatable bonds is 4. The Hall–Kier alpha value is -1.20. The fraction of sp³-hybridized carbons (Fsp3) is 0.571. The van der Waals surface area contributed by atoms with Gasteiger partial charge in [0.05, 0.1) is 16.7 Å². The highest BCUT2D eigenvalue weighted by atomic mass is 32.1. The second-order valence-corrected chi connectivity index (χ2v) is 6.58. The Morgan fingerprint density at radius 1 is 1.47 bits per heavy atom. The molecule has 4 nitrogen and oxygen atoms in total. The summed E-state index contributed by atoms with van der Waals surface area (Å²) in [4.78, 5) is 5.41.